The van der Waals surface area contributed by atoms with Crippen molar-refractivity contribution >= 4 is 32.9 Å². The van der Waals surface area contributed by atoms with Gasteiger partial charge in [0.05, 0.1) is 17.9 Å². The molecule has 0 bridgehead atoms. The Labute approximate surface area is 215 Å². The van der Waals surface area contributed by atoms with Crippen LogP contribution in [0.4, 0.5) is 11.4 Å². The van der Waals surface area contributed by atoms with Crippen molar-refractivity contribution in [2.24, 2.45) is 10.3 Å². The van der Waals surface area contributed by atoms with Crippen molar-refractivity contribution in [1.29, 1.82) is 0 Å². The van der Waals surface area contributed by atoms with E-state index in [4.69, 9.17) is 4.98 Å². The van der Waals surface area contributed by atoms with Gasteiger partial charge < -0.3 is 14.6 Å². The molecule has 4 aromatic rings. The van der Waals surface area contributed by atoms with Crippen molar-refractivity contribution in [2.45, 2.75) is 49.5 Å². The van der Waals surface area contributed by atoms with Gasteiger partial charge in [-0.25, -0.2) is 15.0 Å². The first kappa shape index (κ1) is 22.4. The molecule has 3 aromatic heterocycles. The summed E-state index contributed by atoms with van der Waals surface area (Å²) in [6.45, 7) is 2.46. The van der Waals surface area contributed by atoms with Crippen LogP contribution in [-0.4, -0.2) is 40.7 Å². The third-order valence-electron chi connectivity index (χ3n) is 7.47. The second-order valence-corrected chi connectivity index (χ2v) is 11.8. The minimum atomic E-state index is -3.79. The molecule has 2 atom stereocenters. The molecule has 3 aliphatic rings. The number of hydrogen-bond donors (Lipinski definition) is 1. The largest absolute Gasteiger partial charge is 0.379 e. The summed E-state index contributed by atoms with van der Waals surface area (Å²) in [5.41, 5.74) is 5.56. The number of sulfonamides is 1. The maximum Gasteiger partial charge on any atom is 0.286 e. The van der Waals surface area contributed by atoms with E-state index in [2.05, 4.69) is 48.6 Å². The number of nitrogens with one attached hydrogen (secondary N) is 1. The first-order chi connectivity index (χ1) is 17.9. The van der Waals surface area contributed by atoms with E-state index in [9.17, 15) is 8.42 Å². The molecule has 10 heteroatoms. The van der Waals surface area contributed by atoms with E-state index in [-0.39, 0.29) is 16.7 Å². The number of anilines is 2. The standard InChI is InChI=1S/C27H27N7O2S/c1-16-9-10-28-26(30-16)21-12-22(21)27-32-37(35,36)24-7-6-19(11-23(24)33(27)2)29-13-20-15-34-14-18(17-3-4-17)5-8-25(34)31-20/h5-11,14-15,17,21-22,29H,3-4,12-13H2,1-2H3/t21-,22-/m0/s1. The predicted molar refractivity (Wildman–Crippen MR) is 142 cm³/mol. The van der Waals surface area contributed by atoms with Gasteiger partial charge >= 0.3 is 0 Å². The topological polar surface area (TPSA) is 105 Å². The van der Waals surface area contributed by atoms with E-state index in [0.717, 1.165) is 35.0 Å². The highest BCUT2D eigenvalue weighted by Crippen LogP contribution is 2.50. The third kappa shape index (κ3) is 4.05. The number of aryl methyl sites for hydroxylation is 1. The maximum atomic E-state index is 13.0. The first-order valence-corrected chi connectivity index (χ1v) is 14.0. The summed E-state index contributed by atoms with van der Waals surface area (Å²) in [5.74, 6) is 2.04. The molecule has 1 N–H and O–H groups in total. The molecule has 2 saturated carbocycles. The highest BCUT2D eigenvalue weighted by atomic mass is 32.2. The van der Waals surface area contributed by atoms with Crippen molar-refractivity contribution in [3.8, 4) is 0 Å². The zero-order chi connectivity index (χ0) is 25.3. The van der Waals surface area contributed by atoms with Crippen molar-refractivity contribution in [3.63, 3.8) is 0 Å². The molecule has 0 spiro atoms. The Kier molecular flexibility index (Phi) is 4.91. The Hall–Kier alpha value is -3.79. The van der Waals surface area contributed by atoms with Crippen LogP contribution in [0.15, 0.2) is 64.3 Å². The molecular weight excluding hydrogens is 486 g/mol. The number of imidazole rings is 1. The highest BCUT2D eigenvalue weighted by molar-refractivity contribution is 7.90. The lowest BCUT2D eigenvalue weighted by atomic mass is 10.2. The lowest BCUT2D eigenvalue weighted by Gasteiger charge is -2.28. The molecule has 188 valence electrons. The number of aromatic nitrogens is 4. The number of nitrogens with zero attached hydrogens (tertiary/aromatic N) is 6. The number of fused-ring (bicyclic) bond motifs is 2. The molecule has 2 aliphatic carbocycles. The van der Waals surface area contributed by atoms with Gasteiger partial charge in [0.2, 0.25) is 0 Å². The minimum Gasteiger partial charge on any atom is -0.379 e. The van der Waals surface area contributed by atoms with Crippen molar-refractivity contribution < 1.29 is 8.42 Å². The Balaban J connectivity index is 1.11. The van der Waals surface area contributed by atoms with E-state index in [1.165, 1.54) is 18.4 Å². The molecule has 7 rings (SSSR count). The first-order valence-electron chi connectivity index (χ1n) is 12.6. The molecule has 0 radical (unpaired) electrons. The molecule has 1 aromatic carbocycles. The Morgan fingerprint density at radius 2 is 1.92 bits per heavy atom. The van der Waals surface area contributed by atoms with Gasteiger partial charge in [-0.2, -0.15) is 8.42 Å². The van der Waals surface area contributed by atoms with E-state index in [1.54, 1.807) is 18.3 Å². The van der Waals surface area contributed by atoms with Gasteiger partial charge in [0.15, 0.2) is 0 Å². The minimum absolute atomic E-state index is 0.0233. The SMILES string of the molecule is Cc1ccnc([C@H]2C[C@@H]2C2=NS(=O)(=O)c3ccc(NCc4cn5cc(C6CC6)ccc5n4)cc3N2C)n1. The molecule has 9 nitrogen and oxygen atoms in total. The lowest BCUT2D eigenvalue weighted by Crippen LogP contribution is -2.34. The Bertz CT molecular complexity index is 1690. The van der Waals surface area contributed by atoms with Gasteiger partial charge in [-0.05, 0) is 68.0 Å². The summed E-state index contributed by atoms with van der Waals surface area (Å²) >= 11 is 0. The van der Waals surface area contributed by atoms with Gasteiger partial charge in [-0.15, -0.1) is 4.40 Å². The summed E-state index contributed by atoms with van der Waals surface area (Å²) in [6.07, 6.45) is 9.30. The van der Waals surface area contributed by atoms with Crippen LogP contribution in [-0.2, 0) is 16.6 Å². The number of pyridine rings is 1. The smallest absolute Gasteiger partial charge is 0.286 e. The number of hydrogen-bond acceptors (Lipinski definition) is 7. The van der Waals surface area contributed by atoms with Crippen molar-refractivity contribution in [1.82, 2.24) is 19.4 Å². The molecular formula is C27H27N7O2S. The summed E-state index contributed by atoms with van der Waals surface area (Å²) in [7, 11) is -1.91. The molecule has 37 heavy (non-hydrogen) atoms. The molecule has 1 aliphatic heterocycles. The Morgan fingerprint density at radius 1 is 1.05 bits per heavy atom. The second-order valence-electron chi connectivity index (χ2n) is 10.3. The lowest BCUT2D eigenvalue weighted by molar-refractivity contribution is 0.596. The maximum absolute atomic E-state index is 13.0. The number of benzene rings is 1. The van der Waals surface area contributed by atoms with Crippen LogP contribution < -0.4 is 10.2 Å². The summed E-state index contributed by atoms with van der Waals surface area (Å²) in [5, 5.41) is 3.41. The van der Waals surface area contributed by atoms with Crippen LogP contribution in [0.1, 0.15) is 53.9 Å². The molecule has 0 amide bonds. The van der Waals surface area contributed by atoms with Crippen LogP contribution >= 0.6 is 0 Å². The van der Waals surface area contributed by atoms with Gasteiger partial charge in [-0.1, -0.05) is 6.07 Å². The fourth-order valence-electron chi connectivity index (χ4n) is 5.19. The van der Waals surface area contributed by atoms with Crippen molar-refractivity contribution in [3.05, 3.63) is 77.8 Å². The third-order valence-corrected chi connectivity index (χ3v) is 8.80. The second kappa shape index (κ2) is 8.11. The number of amidine groups is 1. The average Bonchev–Trinajstić information content (AvgIpc) is 3.81. The van der Waals surface area contributed by atoms with Crippen LogP contribution in [0.3, 0.4) is 0 Å². The van der Waals surface area contributed by atoms with Gasteiger partial charge in [-0.3, -0.25) is 0 Å². The average molecular weight is 514 g/mol. The molecule has 2 fully saturated rings. The quantitative estimate of drug-likeness (QED) is 0.411. The van der Waals surface area contributed by atoms with E-state index < -0.39 is 10.0 Å². The summed E-state index contributed by atoms with van der Waals surface area (Å²) in [6, 6.07) is 11.4. The highest BCUT2D eigenvalue weighted by Gasteiger charge is 2.48. The zero-order valence-electron chi connectivity index (χ0n) is 20.7. The normalized spacial score (nSPS) is 22.0. The van der Waals surface area contributed by atoms with E-state index >= 15 is 0 Å². The van der Waals surface area contributed by atoms with Crippen LogP contribution in [0.25, 0.3) is 5.65 Å². The van der Waals surface area contributed by atoms with Gasteiger partial charge in [0.25, 0.3) is 10.0 Å². The summed E-state index contributed by atoms with van der Waals surface area (Å²) in [4.78, 5) is 15.8. The monoisotopic (exact) mass is 513 g/mol. The molecule has 0 saturated heterocycles. The fraction of sp³-hybridized carbons (Fsp3) is 0.333. The van der Waals surface area contributed by atoms with E-state index in [1.807, 2.05) is 31.0 Å². The fourth-order valence-corrected chi connectivity index (χ4v) is 6.49. The van der Waals surface area contributed by atoms with Crippen LogP contribution in [0.2, 0.25) is 0 Å². The zero-order valence-corrected chi connectivity index (χ0v) is 21.5. The molecule has 0 unspecified atom stereocenters. The Morgan fingerprint density at radius 3 is 2.73 bits per heavy atom. The van der Waals surface area contributed by atoms with Gasteiger partial charge in [0.1, 0.15) is 22.2 Å². The summed E-state index contributed by atoms with van der Waals surface area (Å²) < 4.78 is 32.4. The van der Waals surface area contributed by atoms with Crippen LogP contribution in [0, 0.1) is 12.8 Å². The van der Waals surface area contributed by atoms with Gasteiger partial charge in [0, 0.05) is 48.9 Å². The molecule has 4 heterocycles. The number of rotatable bonds is 6. The van der Waals surface area contributed by atoms with Crippen LogP contribution in [0.5, 0.6) is 0 Å². The predicted octanol–water partition coefficient (Wildman–Crippen LogP) is 4.26. The van der Waals surface area contributed by atoms with E-state index in [0.29, 0.717) is 24.0 Å². The van der Waals surface area contributed by atoms with Crippen molar-refractivity contribution in [2.75, 3.05) is 17.3 Å².